The maximum atomic E-state index is 6.14. The Hall–Kier alpha value is -0.0800. The Morgan fingerprint density at radius 2 is 1.00 bits per heavy atom. The Bertz CT molecular complexity index is 300. The van der Waals surface area contributed by atoms with Crippen molar-refractivity contribution in [2.45, 2.75) is 102 Å². The van der Waals surface area contributed by atoms with Crippen LogP contribution in [0.4, 0.5) is 0 Å². The van der Waals surface area contributed by atoms with Gasteiger partial charge >= 0.3 is 0 Å². The fourth-order valence-corrected chi connectivity index (χ4v) is 5.59. The van der Waals surface area contributed by atoms with Crippen molar-refractivity contribution in [2.24, 2.45) is 28.7 Å². The van der Waals surface area contributed by atoms with E-state index in [9.17, 15) is 0 Å². The summed E-state index contributed by atoms with van der Waals surface area (Å²) in [6.07, 6.45) is 19.6. The summed E-state index contributed by atoms with van der Waals surface area (Å²) in [5, 5.41) is 0. The van der Waals surface area contributed by atoms with Crippen molar-refractivity contribution in [3.05, 3.63) is 0 Å². The van der Waals surface area contributed by atoms with E-state index in [2.05, 4.69) is 0 Å². The smallest absolute Gasteiger partial charge is 0.00390 e. The molecule has 0 amide bonds. The molecule has 4 N–H and O–H groups in total. The molecular formula is C19H36N2. The predicted octanol–water partition coefficient (Wildman–Crippen LogP) is 4.36. The highest BCUT2D eigenvalue weighted by Crippen LogP contribution is 2.50. The second kappa shape index (κ2) is 7.00. The van der Waals surface area contributed by atoms with Crippen molar-refractivity contribution in [1.29, 1.82) is 0 Å². The van der Waals surface area contributed by atoms with Crippen LogP contribution in [0.5, 0.6) is 0 Å². The van der Waals surface area contributed by atoms with Crippen molar-refractivity contribution in [3.63, 3.8) is 0 Å². The molecule has 0 heterocycles. The highest BCUT2D eigenvalue weighted by atomic mass is 14.6. The Balaban J connectivity index is 1.49. The second-order valence-corrected chi connectivity index (χ2v) is 8.56. The van der Waals surface area contributed by atoms with Crippen LogP contribution in [-0.4, -0.2) is 12.1 Å². The molecule has 3 rings (SSSR count). The molecule has 0 atom stereocenters. The molecule has 0 radical (unpaired) electrons. The third-order valence-corrected chi connectivity index (χ3v) is 7.14. The van der Waals surface area contributed by atoms with Gasteiger partial charge in [0.15, 0.2) is 0 Å². The third kappa shape index (κ3) is 4.01. The first kappa shape index (κ1) is 15.8. The van der Waals surface area contributed by atoms with Crippen molar-refractivity contribution in [2.75, 3.05) is 0 Å². The SMILES string of the molecule is NC1CCCC2(CCC1)CCC(C1CCC(N)CC1)CC2. The number of nitrogens with two attached hydrogens (primary N) is 2. The van der Waals surface area contributed by atoms with Crippen molar-refractivity contribution in [1.82, 2.24) is 0 Å². The molecule has 3 aliphatic rings. The van der Waals surface area contributed by atoms with Gasteiger partial charge in [-0.1, -0.05) is 12.8 Å². The van der Waals surface area contributed by atoms with E-state index in [4.69, 9.17) is 11.5 Å². The zero-order valence-electron chi connectivity index (χ0n) is 13.9. The van der Waals surface area contributed by atoms with Gasteiger partial charge in [-0.2, -0.15) is 0 Å². The van der Waals surface area contributed by atoms with E-state index >= 15 is 0 Å². The molecule has 1 spiro atoms. The monoisotopic (exact) mass is 292 g/mol. The molecule has 2 nitrogen and oxygen atoms in total. The molecule has 0 aromatic rings. The fraction of sp³-hybridized carbons (Fsp3) is 1.00. The lowest BCUT2D eigenvalue weighted by atomic mass is 9.61. The lowest BCUT2D eigenvalue weighted by molar-refractivity contribution is 0.0742. The third-order valence-electron chi connectivity index (χ3n) is 7.14. The second-order valence-electron chi connectivity index (χ2n) is 8.56. The minimum Gasteiger partial charge on any atom is -0.328 e. The van der Waals surface area contributed by atoms with Crippen LogP contribution in [0.25, 0.3) is 0 Å². The lowest BCUT2D eigenvalue weighted by Crippen LogP contribution is -2.35. The van der Waals surface area contributed by atoms with Gasteiger partial charge in [0.2, 0.25) is 0 Å². The molecule has 3 fully saturated rings. The molecule has 2 heteroatoms. The Kier molecular flexibility index (Phi) is 5.27. The summed E-state index contributed by atoms with van der Waals surface area (Å²) in [4.78, 5) is 0. The maximum Gasteiger partial charge on any atom is 0.00390 e. The number of hydrogen-bond acceptors (Lipinski definition) is 2. The van der Waals surface area contributed by atoms with Crippen LogP contribution in [0.1, 0.15) is 89.9 Å². The van der Waals surface area contributed by atoms with E-state index < -0.39 is 0 Å². The van der Waals surface area contributed by atoms with Crippen LogP contribution in [0, 0.1) is 17.3 Å². The zero-order valence-corrected chi connectivity index (χ0v) is 13.9. The first-order valence-electron chi connectivity index (χ1n) is 9.68. The fourth-order valence-electron chi connectivity index (χ4n) is 5.59. The average molecular weight is 293 g/mol. The Labute approximate surface area is 131 Å². The first-order chi connectivity index (χ1) is 10.2. The van der Waals surface area contributed by atoms with Gasteiger partial charge in [0.25, 0.3) is 0 Å². The standard InChI is InChI=1S/C19H36N2/c20-17-3-1-11-19(12-2-4-17)13-9-16(10-14-19)15-5-7-18(21)8-6-15/h15-18H,1-14,20-21H2. The van der Waals surface area contributed by atoms with Crippen LogP contribution in [0.15, 0.2) is 0 Å². The summed E-state index contributed by atoms with van der Waals surface area (Å²) in [5.41, 5.74) is 12.9. The van der Waals surface area contributed by atoms with E-state index in [1.807, 2.05) is 0 Å². The first-order valence-corrected chi connectivity index (χ1v) is 9.68. The van der Waals surface area contributed by atoms with Gasteiger partial charge in [-0.05, 0) is 94.3 Å². The summed E-state index contributed by atoms with van der Waals surface area (Å²) in [5.74, 6) is 2.03. The minimum absolute atomic E-state index is 0.491. The molecule has 0 aromatic heterocycles. The van der Waals surface area contributed by atoms with Crippen LogP contribution in [-0.2, 0) is 0 Å². The van der Waals surface area contributed by atoms with Crippen molar-refractivity contribution in [3.8, 4) is 0 Å². The maximum absolute atomic E-state index is 6.14. The summed E-state index contributed by atoms with van der Waals surface area (Å²) < 4.78 is 0. The molecule has 3 saturated carbocycles. The average Bonchev–Trinajstić information content (AvgIpc) is 2.47. The lowest BCUT2D eigenvalue weighted by Gasteiger charge is -2.45. The topological polar surface area (TPSA) is 52.0 Å². The quantitative estimate of drug-likeness (QED) is 0.754. The normalized spacial score (nSPS) is 46.0. The Morgan fingerprint density at radius 1 is 0.524 bits per heavy atom. The van der Waals surface area contributed by atoms with E-state index in [-0.39, 0.29) is 0 Å². The van der Waals surface area contributed by atoms with Gasteiger partial charge in [-0.3, -0.25) is 0 Å². The van der Waals surface area contributed by atoms with Gasteiger partial charge in [0.05, 0.1) is 0 Å². The predicted molar refractivity (Wildman–Crippen MR) is 90.0 cm³/mol. The van der Waals surface area contributed by atoms with Crippen LogP contribution in [0.3, 0.4) is 0 Å². The number of rotatable bonds is 1. The van der Waals surface area contributed by atoms with Crippen LogP contribution < -0.4 is 11.5 Å². The largest absolute Gasteiger partial charge is 0.328 e. The summed E-state index contributed by atoms with van der Waals surface area (Å²) in [7, 11) is 0. The Morgan fingerprint density at radius 3 is 1.57 bits per heavy atom. The molecule has 0 aliphatic heterocycles. The van der Waals surface area contributed by atoms with Gasteiger partial charge in [-0.25, -0.2) is 0 Å². The molecule has 0 aromatic carbocycles. The van der Waals surface area contributed by atoms with E-state index in [0.29, 0.717) is 17.5 Å². The summed E-state index contributed by atoms with van der Waals surface area (Å²) in [6.45, 7) is 0. The molecular weight excluding hydrogens is 256 g/mol. The molecule has 0 unspecified atom stereocenters. The van der Waals surface area contributed by atoms with Gasteiger partial charge in [0.1, 0.15) is 0 Å². The molecule has 3 aliphatic carbocycles. The van der Waals surface area contributed by atoms with Gasteiger partial charge in [-0.15, -0.1) is 0 Å². The molecule has 122 valence electrons. The highest BCUT2D eigenvalue weighted by molar-refractivity contribution is 4.90. The molecule has 0 saturated heterocycles. The highest BCUT2D eigenvalue weighted by Gasteiger charge is 2.38. The molecule has 0 bridgehead atoms. The van der Waals surface area contributed by atoms with Gasteiger partial charge < -0.3 is 11.5 Å². The minimum atomic E-state index is 0.491. The van der Waals surface area contributed by atoms with Gasteiger partial charge in [0, 0.05) is 12.1 Å². The summed E-state index contributed by atoms with van der Waals surface area (Å²) in [6, 6.07) is 0.996. The summed E-state index contributed by atoms with van der Waals surface area (Å²) >= 11 is 0. The zero-order chi connectivity index (χ0) is 14.7. The van der Waals surface area contributed by atoms with E-state index in [1.165, 1.54) is 89.9 Å². The van der Waals surface area contributed by atoms with E-state index in [1.54, 1.807) is 0 Å². The van der Waals surface area contributed by atoms with Crippen LogP contribution in [0.2, 0.25) is 0 Å². The van der Waals surface area contributed by atoms with Crippen LogP contribution >= 0.6 is 0 Å². The molecule has 21 heavy (non-hydrogen) atoms. The number of hydrogen-bond donors (Lipinski definition) is 2. The van der Waals surface area contributed by atoms with E-state index in [0.717, 1.165) is 11.8 Å². The van der Waals surface area contributed by atoms with Crippen molar-refractivity contribution < 1.29 is 0 Å². The van der Waals surface area contributed by atoms with Crippen molar-refractivity contribution >= 4 is 0 Å².